The molecular weight excluding hydrogens is 304 g/mol. The summed E-state index contributed by atoms with van der Waals surface area (Å²) in [5.41, 5.74) is 2.72. The van der Waals surface area contributed by atoms with E-state index in [1.807, 2.05) is 37.3 Å². The largest absolute Gasteiger partial charge is 0.477 e. The third kappa shape index (κ3) is 2.34. The fraction of sp³-hybridized carbons (Fsp3) is 0.0556. The van der Waals surface area contributed by atoms with Crippen molar-refractivity contribution >= 4 is 39.3 Å². The molecule has 4 rings (SSSR count). The summed E-state index contributed by atoms with van der Waals surface area (Å²) in [6, 6.07) is 11.4. The molecule has 0 aliphatic carbocycles. The van der Waals surface area contributed by atoms with Crippen LogP contribution in [-0.2, 0) is 0 Å². The molecule has 6 heteroatoms. The predicted molar refractivity (Wildman–Crippen MR) is 92.8 cm³/mol. The molecule has 0 radical (unpaired) electrons. The minimum absolute atomic E-state index is 0.114. The van der Waals surface area contributed by atoms with Gasteiger partial charge in [-0.25, -0.2) is 9.78 Å². The highest BCUT2D eigenvalue weighted by molar-refractivity contribution is 6.11. The molecule has 3 N–H and O–H groups in total. The van der Waals surface area contributed by atoms with E-state index in [1.54, 1.807) is 18.5 Å². The summed E-state index contributed by atoms with van der Waals surface area (Å²) in [5.74, 6) is -0.378. The Morgan fingerprint density at radius 1 is 1.12 bits per heavy atom. The van der Waals surface area contributed by atoms with Crippen LogP contribution in [0.1, 0.15) is 16.1 Å². The molecule has 0 saturated heterocycles. The maximum atomic E-state index is 11.2. The Morgan fingerprint density at radius 2 is 1.92 bits per heavy atom. The highest BCUT2D eigenvalue weighted by atomic mass is 16.4. The van der Waals surface area contributed by atoms with Crippen LogP contribution in [0.3, 0.4) is 0 Å². The van der Waals surface area contributed by atoms with E-state index in [4.69, 9.17) is 0 Å². The summed E-state index contributed by atoms with van der Waals surface area (Å²) >= 11 is 0. The number of carboxylic acids is 1. The van der Waals surface area contributed by atoms with Crippen molar-refractivity contribution in [2.24, 2.45) is 0 Å². The molecule has 3 heterocycles. The van der Waals surface area contributed by atoms with E-state index in [0.717, 1.165) is 21.8 Å². The molecule has 0 fully saturated rings. The number of nitrogens with one attached hydrogen (secondary N) is 2. The van der Waals surface area contributed by atoms with Crippen molar-refractivity contribution in [2.75, 3.05) is 5.32 Å². The van der Waals surface area contributed by atoms with E-state index < -0.39 is 5.97 Å². The molecule has 0 bridgehead atoms. The molecule has 3 aromatic heterocycles. The number of H-pyrrole nitrogens is 1. The van der Waals surface area contributed by atoms with Gasteiger partial charge in [0.15, 0.2) is 0 Å². The number of rotatable bonds is 3. The zero-order valence-corrected chi connectivity index (χ0v) is 12.9. The Labute approximate surface area is 137 Å². The average molecular weight is 318 g/mol. The number of hydrogen-bond acceptors (Lipinski definition) is 4. The van der Waals surface area contributed by atoms with Gasteiger partial charge in [-0.05, 0) is 36.6 Å². The van der Waals surface area contributed by atoms with Gasteiger partial charge in [0.25, 0.3) is 0 Å². The number of anilines is 2. The molecule has 0 spiro atoms. The van der Waals surface area contributed by atoms with Crippen LogP contribution in [0.2, 0.25) is 0 Å². The van der Waals surface area contributed by atoms with E-state index in [9.17, 15) is 9.90 Å². The normalized spacial score (nSPS) is 11.0. The molecule has 24 heavy (non-hydrogen) atoms. The third-order valence-electron chi connectivity index (χ3n) is 3.93. The molecule has 0 amide bonds. The first kappa shape index (κ1) is 14.2. The minimum atomic E-state index is -1.01. The third-order valence-corrected chi connectivity index (χ3v) is 3.93. The molecule has 1 aromatic carbocycles. The molecule has 6 nitrogen and oxygen atoms in total. The lowest BCUT2D eigenvalue weighted by Crippen LogP contribution is -1.97. The van der Waals surface area contributed by atoms with E-state index in [0.29, 0.717) is 11.5 Å². The standard InChI is InChI=1S/C18H14N4O2/c1-10-2-4-11(5-3-10)20-17-14-9-19-7-6-12(14)13-8-15(18(23)24)21-16(13)22-17/h2-9H,1H3,(H,23,24)(H2,20,21,22). The van der Waals surface area contributed by atoms with Gasteiger partial charge >= 0.3 is 5.97 Å². The zero-order chi connectivity index (χ0) is 16.7. The average Bonchev–Trinajstić information content (AvgIpc) is 3.02. The first-order valence-corrected chi connectivity index (χ1v) is 7.45. The number of fused-ring (bicyclic) bond motifs is 3. The molecule has 0 aliphatic rings. The topological polar surface area (TPSA) is 90.9 Å². The molecular formula is C18H14N4O2. The Kier molecular flexibility index (Phi) is 3.16. The highest BCUT2D eigenvalue weighted by Gasteiger charge is 2.14. The van der Waals surface area contributed by atoms with Gasteiger partial charge in [-0.1, -0.05) is 17.7 Å². The number of benzene rings is 1. The van der Waals surface area contributed by atoms with Crippen molar-refractivity contribution in [3.05, 3.63) is 60.0 Å². The maximum absolute atomic E-state index is 11.2. The first-order valence-electron chi connectivity index (χ1n) is 7.45. The number of carbonyl (C=O) groups is 1. The monoisotopic (exact) mass is 318 g/mol. The number of aromatic amines is 1. The number of aromatic nitrogens is 3. The molecule has 4 aromatic rings. The number of pyridine rings is 2. The Hall–Kier alpha value is -3.41. The lowest BCUT2D eigenvalue weighted by Gasteiger charge is -2.09. The van der Waals surface area contributed by atoms with Crippen LogP contribution in [-0.4, -0.2) is 26.0 Å². The molecule has 0 saturated carbocycles. The van der Waals surface area contributed by atoms with Crippen LogP contribution in [0.5, 0.6) is 0 Å². The van der Waals surface area contributed by atoms with Crippen LogP contribution in [0.25, 0.3) is 21.8 Å². The second-order valence-electron chi connectivity index (χ2n) is 5.62. The van der Waals surface area contributed by atoms with Gasteiger partial charge in [0.2, 0.25) is 0 Å². The van der Waals surface area contributed by atoms with Gasteiger partial charge in [-0.2, -0.15) is 0 Å². The van der Waals surface area contributed by atoms with Crippen LogP contribution < -0.4 is 5.32 Å². The molecule has 0 aliphatic heterocycles. The van der Waals surface area contributed by atoms with Crippen molar-refractivity contribution in [1.29, 1.82) is 0 Å². The van der Waals surface area contributed by atoms with Crippen molar-refractivity contribution in [2.45, 2.75) is 6.92 Å². The van der Waals surface area contributed by atoms with Crippen molar-refractivity contribution in [3.8, 4) is 0 Å². The summed E-state index contributed by atoms with van der Waals surface area (Å²) in [6.07, 6.45) is 3.41. The van der Waals surface area contributed by atoms with Crippen LogP contribution in [0.15, 0.2) is 48.8 Å². The van der Waals surface area contributed by atoms with Gasteiger partial charge in [0.1, 0.15) is 17.2 Å². The van der Waals surface area contributed by atoms with Crippen LogP contribution >= 0.6 is 0 Å². The molecule has 118 valence electrons. The lowest BCUT2D eigenvalue weighted by molar-refractivity contribution is 0.0691. The van der Waals surface area contributed by atoms with Crippen molar-refractivity contribution in [1.82, 2.24) is 15.0 Å². The summed E-state index contributed by atoms with van der Waals surface area (Å²) in [4.78, 5) is 22.8. The smallest absolute Gasteiger partial charge is 0.352 e. The van der Waals surface area contributed by atoms with Crippen molar-refractivity contribution < 1.29 is 9.90 Å². The van der Waals surface area contributed by atoms with E-state index in [1.165, 1.54) is 5.56 Å². The number of hydrogen-bond donors (Lipinski definition) is 3. The minimum Gasteiger partial charge on any atom is -0.477 e. The quantitative estimate of drug-likeness (QED) is 0.533. The van der Waals surface area contributed by atoms with Gasteiger partial charge in [-0.15, -0.1) is 0 Å². The molecule has 0 unspecified atom stereocenters. The van der Waals surface area contributed by atoms with Gasteiger partial charge < -0.3 is 15.4 Å². The summed E-state index contributed by atoms with van der Waals surface area (Å²) in [5, 5.41) is 15.0. The second-order valence-corrected chi connectivity index (χ2v) is 5.62. The van der Waals surface area contributed by atoms with E-state index >= 15 is 0 Å². The first-order chi connectivity index (χ1) is 11.6. The second kappa shape index (κ2) is 5.34. The van der Waals surface area contributed by atoms with Crippen molar-refractivity contribution in [3.63, 3.8) is 0 Å². The maximum Gasteiger partial charge on any atom is 0.352 e. The SMILES string of the molecule is Cc1ccc(Nc2nc3[nH]c(C(=O)O)cc3c3ccncc23)cc1. The number of nitrogens with zero attached hydrogens (tertiary/aromatic N) is 2. The Balaban J connectivity index is 1.92. The van der Waals surface area contributed by atoms with Gasteiger partial charge in [0.05, 0.1) is 0 Å². The Morgan fingerprint density at radius 3 is 2.67 bits per heavy atom. The number of carboxylic acid groups (broad SMARTS) is 1. The number of aryl methyl sites for hydroxylation is 1. The summed E-state index contributed by atoms with van der Waals surface area (Å²) in [6.45, 7) is 2.03. The fourth-order valence-electron chi connectivity index (χ4n) is 2.71. The van der Waals surface area contributed by atoms with Crippen LogP contribution in [0.4, 0.5) is 11.5 Å². The van der Waals surface area contributed by atoms with E-state index in [2.05, 4.69) is 20.3 Å². The highest BCUT2D eigenvalue weighted by Crippen LogP contribution is 2.30. The van der Waals surface area contributed by atoms with Gasteiger partial charge in [-0.3, -0.25) is 4.98 Å². The summed E-state index contributed by atoms with van der Waals surface area (Å²) < 4.78 is 0. The number of aromatic carboxylic acids is 1. The Bertz CT molecular complexity index is 1070. The lowest BCUT2D eigenvalue weighted by atomic mass is 10.1. The predicted octanol–water partition coefficient (Wildman–Crippen LogP) is 3.86. The van der Waals surface area contributed by atoms with Crippen LogP contribution in [0, 0.1) is 6.92 Å². The molecule has 0 atom stereocenters. The summed E-state index contributed by atoms with van der Waals surface area (Å²) in [7, 11) is 0. The fourth-order valence-corrected chi connectivity index (χ4v) is 2.71. The zero-order valence-electron chi connectivity index (χ0n) is 12.9. The van der Waals surface area contributed by atoms with E-state index in [-0.39, 0.29) is 5.69 Å². The van der Waals surface area contributed by atoms with Gasteiger partial charge in [0, 0.05) is 28.9 Å².